The maximum atomic E-state index is 11.6. The number of nitrogens with one attached hydrogen (secondary N) is 2. The molecule has 1 aromatic rings. The molecule has 0 saturated heterocycles. The van der Waals surface area contributed by atoms with Gasteiger partial charge in [-0.15, -0.1) is 0 Å². The van der Waals surface area contributed by atoms with Crippen molar-refractivity contribution in [2.75, 3.05) is 0 Å². The molecule has 19 heavy (non-hydrogen) atoms. The average Bonchev–Trinajstić information content (AvgIpc) is 2.67. The van der Waals surface area contributed by atoms with Gasteiger partial charge in [-0.2, -0.15) is 0 Å². The van der Waals surface area contributed by atoms with Crippen LogP contribution >= 0.6 is 0 Å². The van der Waals surface area contributed by atoms with Crippen LogP contribution in [0, 0.1) is 12.3 Å². The lowest BCUT2D eigenvalue weighted by Gasteiger charge is -2.27. The summed E-state index contributed by atoms with van der Waals surface area (Å²) in [5.74, 6) is -0.562. The molecule has 0 bridgehead atoms. The normalized spacial score (nSPS) is 12.8. The molecule has 106 valence electrons. The van der Waals surface area contributed by atoms with Crippen LogP contribution in [0.2, 0.25) is 0 Å². The molecule has 0 aliphatic heterocycles. The molecule has 3 N–H and O–H groups in total. The Morgan fingerprint density at radius 1 is 1.47 bits per heavy atom. The number of nitrogens with zero attached hydrogens (tertiary/aromatic N) is 1. The molecule has 0 saturated carbocycles. The Morgan fingerprint density at radius 2 is 2.11 bits per heavy atom. The molecule has 1 rings (SSSR count). The van der Waals surface area contributed by atoms with Crippen LogP contribution in [0.25, 0.3) is 0 Å². The Balaban J connectivity index is 2.52. The standard InChI is InChI=1S/C12H19N3O4/c1-7-5-8(19-15-7)6-13-11(18)14-9(10(16)17)12(2,3)4/h5,9H,6H2,1-4H3,(H,16,17)(H2,13,14,18)/t9-/m1/s1. The molecule has 0 radical (unpaired) electrons. The van der Waals surface area contributed by atoms with Gasteiger partial charge < -0.3 is 20.3 Å². The summed E-state index contributed by atoms with van der Waals surface area (Å²) in [6, 6.07) is 0.166. The van der Waals surface area contributed by atoms with Crippen molar-refractivity contribution in [1.82, 2.24) is 15.8 Å². The molecule has 0 unspecified atom stereocenters. The second-order valence-corrected chi connectivity index (χ2v) is 5.40. The van der Waals surface area contributed by atoms with Crippen LogP contribution in [-0.2, 0) is 11.3 Å². The number of carboxylic acids is 1. The topological polar surface area (TPSA) is 104 Å². The molecule has 2 amide bonds. The van der Waals surface area contributed by atoms with Crippen molar-refractivity contribution >= 4 is 12.0 Å². The summed E-state index contributed by atoms with van der Waals surface area (Å²) in [6.45, 7) is 7.15. The summed E-state index contributed by atoms with van der Waals surface area (Å²) in [5, 5.41) is 17.7. The largest absolute Gasteiger partial charge is 0.480 e. The second kappa shape index (κ2) is 5.73. The fraction of sp³-hybridized carbons (Fsp3) is 0.583. The highest BCUT2D eigenvalue weighted by atomic mass is 16.5. The third-order valence-electron chi connectivity index (χ3n) is 2.49. The molecule has 7 heteroatoms. The van der Waals surface area contributed by atoms with E-state index >= 15 is 0 Å². The Bertz CT molecular complexity index is 462. The van der Waals surface area contributed by atoms with E-state index in [1.165, 1.54) is 0 Å². The molecule has 0 spiro atoms. The van der Waals surface area contributed by atoms with Gasteiger partial charge in [0.2, 0.25) is 0 Å². The lowest BCUT2D eigenvalue weighted by atomic mass is 9.87. The summed E-state index contributed by atoms with van der Waals surface area (Å²) in [6.07, 6.45) is 0. The van der Waals surface area contributed by atoms with E-state index in [1.54, 1.807) is 33.8 Å². The second-order valence-electron chi connectivity index (χ2n) is 5.40. The number of carbonyl (C=O) groups is 2. The first-order valence-corrected chi connectivity index (χ1v) is 5.89. The zero-order valence-electron chi connectivity index (χ0n) is 11.5. The minimum absolute atomic E-state index is 0.156. The van der Waals surface area contributed by atoms with Gasteiger partial charge in [-0.25, -0.2) is 9.59 Å². The number of hydrogen-bond acceptors (Lipinski definition) is 4. The van der Waals surface area contributed by atoms with E-state index in [0.29, 0.717) is 5.76 Å². The molecule has 0 aromatic carbocycles. The van der Waals surface area contributed by atoms with Gasteiger partial charge in [0, 0.05) is 6.07 Å². The molecule has 0 aliphatic rings. The molecule has 7 nitrogen and oxygen atoms in total. The molecule has 1 aromatic heterocycles. The van der Waals surface area contributed by atoms with Crippen molar-refractivity contribution in [2.45, 2.75) is 40.3 Å². The fourth-order valence-corrected chi connectivity index (χ4v) is 1.50. The highest BCUT2D eigenvalue weighted by molar-refractivity contribution is 5.83. The van der Waals surface area contributed by atoms with Crippen LogP contribution in [0.1, 0.15) is 32.2 Å². The summed E-state index contributed by atoms with van der Waals surface area (Å²) in [7, 11) is 0. The van der Waals surface area contributed by atoms with Gasteiger partial charge in [-0.05, 0) is 12.3 Å². The minimum atomic E-state index is -1.07. The monoisotopic (exact) mass is 269 g/mol. The number of urea groups is 1. The molecular formula is C12H19N3O4. The Kier molecular flexibility index (Phi) is 4.52. The van der Waals surface area contributed by atoms with Crippen LogP contribution in [0.4, 0.5) is 4.79 Å². The zero-order valence-corrected chi connectivity index (χ0v) is 11.5. The third-order valence-corrected chi connectivity index (χ3v) is 2.49. The van der Waals surface area contributed by atoms with Gasteiger partial charge in [-0.3, -0.25) is 0 Å². The van der Waals surface area contributed by atoms with E-state index in [9.17, 15) is 9.59 Å². The van der Waals surface area contributed by atoms with E-state index in [1.807, 2.05) is 0 Å². The number of aliphatic carboxylic acids is 1. The number of carbonyl (C=O) groups excluding carboxylic acids is 1. The van der Waals surface area contributed by atoms with Crippen molar-refractivity contribution in [2.24, 2.45) is 5.41 Å². The van der Waals surface area contributed by atoms with Crippen LogP contribution < -0.4 is 10.6 Å². The first kappa shape index (κ1) is 15.0. The highest BCUT2D eigenvalue weighted by Gasteiger charge is 2.32. The van der Waals surface area contributed by atoms with Crippen LogP contribution in [0.3, 0.4) is 0 Å². The van der Waals surface area contributed by atoms with Crippen LogP contribution in [-0.4, -0.2) is 28.3 Å². The predicted molar refractivity (Wildman–Crippen MR) is 67.5 cm³/mol. The van der Waals surface area contributed by atoms with Crippen LogP contribution in [0.5, 0.6) is 0 Å². The van der Waals surface area contributed by atoms with E-state index in [-0.39, 0.29) is 6.54 Å². The van der Waals surface area contributed by atoms with E-state index in [4.69, 9.17) is 9.63 Å². The van der Waals surface area contributed by atoms with Crippen molar-refractivity contribution < 1.29 is 19.2 Å². The van der Waals surface area contributed by atoms with E-state index < -0.39 is 23.5 Å². The molecule has 1 atom stereocenters. The van der Waals surface area contributed by atoms with Crippen molar-refractivity contribution in [1.29, 1.82) is 0 Å². The van der Waals surface area contributed by atoms with Gasteiger partial charge in [-0.1, -0.05) is 25.9 Å². The maximum Gasteiger partial charge on any atom is 0.326 e. The number of aryl methyl sites for hydroxylation is 1. The Morgan fingerprint density at radius 3 is 2.53 bits per heavy atom. The van der Waals surface area contributed by atoms with Gasteiger partial charge >= 0.3 is 12.0 Å². The lowest BCUT2D eigenvalue weighted by molar-refractivity contribution is -0.141. The predicted octanol–water partition coefficient (Wildman–Crippen LogP) is 1.28. The molecular weight excluding hydrogens is 250 g/mol. The summed E-state index contributed by atoms with van der Waals surface area (Å²) >= 11 is 0. The number of carboxylic acid groups (broad SMARTS) is 1. The Hall–Kier alpha value is -2.05. The van der Waals surface area contributed by atoms with Crippen molar-refractivity contribution in [3.63, 3.8) is 0 Å². The van der Waals surface area contributed by atoms with Gasteiger partial charge in [0.1, 0.15) is 6.04 Å². The van der Waals surface area contributed by atoms with Gasteiger partial charge in [0.15, 0.2) is 5.76 Å². The first-order valence-electron chi connectivity index (χ1n) is 5.89. The smallest absolute Gasteiger partial charge is 0.326 e. The lowest BCUT2D eigenvalue weighted by Crippen LogP contribution is -2.52. The quantitative estimate of drug-likeness (QED) is 0.763. The van der Waals surface area contributed by atoms with Gasteiger partial charge in [0.05, 0.1) is 12.2 Å². The average molecular weight is 269 g/mol. The third kappa shape index (κ3) is 4.61. The molecule has 1 heterocycles. The zero-order chi connectivity index (χ0) is 14.6. The molecule has 0 fully saturated rings. The fourth-order valence-electron chi connectivity index (χ4n) is 1.50. The summed E-state index contributed by atoms with van der Waals surface area (Å²) < 4.78 is 4.93. The minimum Gasteiger partial charge on any atom is -0.480 e. The summed E-state index contributed by atoms with van der Waals surface area (Å²) in [5.41, 5.74) is 0.140. The number of rotatable bonds is 4. The van der Waals surface area contributed by atoms with Crippen LogP contribution in [0.15, 0.2) is 10.6 Å². The number of aromatic nitrogens is 1. The first-order chi connectivity index (χ1) is 8.70. The number of hydrogen-bond donors (Lipinski definition) is 3. The van der Waals surface area contributed by atoms with E-state index in [0.717, 1.165) is 5.69 Å². The van der Waals surface area contributed by atoms with Crippen molar-refractivity contribution in [3.05, 3.63) is 17.5 Å². The molecule has 0 aliphatic carbocycles. The highest BCUT2D eigenvalue weighted by Crippen LogP contribution is 2.19. The Labute approximate surface area is 111 Å². The summed E-state index contributed by atoms with van der Waals surface area (Å²) in [4.78, 5) is 22.7. The maximum absolute atomic E-state index is 11.6. The SMILES string of the molecule is Cc1cc(CNC(=O)N[C@H](C(=O)O)C(C)(C)C)on1. The van der Waals surface area contributed by atoms with Crippen molar-refractivity contribution in [3.8, 4) is 0 Å². The van der Waals surface area contributed by atoms with Gasteiger partial charge in [0.25, 0.3) is 0 Å². The van der Waals surface area contributed by atoms with E-state index in [2.05, 4.69) is 15.8 Å². The number of amides is 2.